The van der Waals surface area contributed by atoms with Crippen LogP contribution in [0.1, 0.15) is 55.2 Å². The topological polar surface area (TPSA) is 43.6 Å². The Morgan fingerprint density at radius 1 is 1.38 bits per heavy atom. The summed E-state index contributed by atoms with van der Waals surface area (Å²) in [7, 11) is 0. The van der Waals surface area contributed by atoms with Gasteiger partial charge in [-0.3, -0.25) is 9.20 Å². The van der Waals surface area contributed by atoms with Crippen LogP contribution in [0.5, 0.6) is 5.75 Å². The molecule has 4 nitrogen and oxygen atoms in total. The lowest BCUT2D eigenvalue weighted by Gasteiger charge is -2.21. The molecule has 0 bridgehead atoms. The maximum absolute atomic E-state index is 11.8. The van der Waals surface area contributed by atoms with Crippen LogP contribution in [0, 0.1) is 12.8 Å². The van der Waals surface area contributed by atoms with Crippen LogP contribution in [0.3, 0.4) is 0 Å². The van der Waals surface area contributed by atoms with E-state index in [1.807, 2.05) is 29.7 Å². The first kappa shape index (κ1) is 14.1. The highest BCUT2D eigenvalue weighted by molar-refractivity contribution is 5.94. The molecule has 0 aromatic carbocycles. The van der Waals surface area contributed by atoms with Gasteiger partial charge >= 0.3 is 0 Å². The zero-order chi connectivity index (χ0) is 14.8. The number of nitrogens with zero attached hydrogens (tertiary/aromatic N) is 2. The van der Waals surface area contributed by atoms with Gasteiger partial charge in [-0.25, -0.2) is 4.98 Å². The number of aryl methyl sites for hydroxylation is 1. The molecule has 0 amide bonds. The number of carbonyl (C=O) groups is 1. The molecule has 1 fully saturated rings. The van der Waals surface area contributed by atoms with Crippen LogP contribution in [-0.2, 0) is 0 Å². The van der Waals surface area contributed by atoms with Crippen molar-refractivity contribution >= 4 is 11.4 Å². The molecule has 2 aromatic rings. The van der Waals surface area contributed by atoms with Crippen LogP contribution >= 0.6 is 0 Å². The monoisotopic (exact) mass is 286 g/mol. The summed E-state index contributed by atoms with van der Waals surface area (Å²) in [6.45, 7) is 4.20. The van der Waals surface area contributed by atoms with Crippen LogP contribution < -0.4 is 4.74 Å². The van der Waals surface area contributed by atoms with Gasteiger partial charge in [0, 0.05) is 13.1 Å². The van der Waals surface area contributed by atoms with Crippen molar-refractivity contribution in [3.05, 3.63) is 29.7 Å². The molecule has 21 heavy (non-hydrogen) atoms. The van der Waals surface area contributed by atoms with Gasteiger partial charge in [0.15, 0.2) is 17.2 Å². The van der Waals surface area contributed by atoms with E-state index in [0.29, 0.717) is 11.6 Å². The van der Waals surface area contributed by atoms with Gasteiger partial charge in [0.05, 0.1) is 12.3 Å². The van der Waals surface area contributed by atoms with Crippen molar-refractivity contribution < 1.29 is 9.53 Å². The van der Waals surface area contributed by atoms with E-state index < -0.39 is 0 Å². The number of imidazole rings is 1. The molecule has 2 heterocycles. The Bertz CT molecular complexity index is 654. The second-order valence-corrected chi connectivity index (χ2v) is 5.98. The number of ketones is 1. The van der Waals surface area contributed by atoms with Crippen molar-refractivity contribution in [2.45, 2.75) is 46.0 Å². The first-order valence-corrected chi connectivity index (χ1v) is 7.78. The van der Waals surface area contributed by atoms with E-state index in [1.165, 1.54) is 32.1 Å². The van der Waals surface area contributed by atoms with E-state index in [-0.39, 0.29) is 5.78 Å². The molecule has 0 spiro atoms. The number of hydrogen-bond acceptors (Lipinski definition) is 3. The fourth-order valence-corrected chi connectivity index (χ4v) is 3.25. The van der Waals surface area contributed by atoms with Gasteiger partial charge in [-0.05, 0) is 37.8 Å². The second-order valence-electron chi connectivity index (χ2n) is 5.98. The first-order chi connectivity index (χ1) is 10.2. The van der Waals surface area contributed by atoms with Gasteiger partial charge in [0.25, 0.3) is 0 Å². The molecule has 4 heteroatoms. The fraction of sp³-hybridized carbons (Fsp3) is 0.529. The molecule has 0 N–H and O–H groups in total. The summed E-state index contributed by atoms with van der Waals surface area (Å²) in [6, 6.07) is 3.85. The Kier molecular flexibility index (Phi) is 3.95. The van der Waals surface area contributed by atoms with E-state index in [4.69, 9.17) is 4.74 Å². The third-order valence-electron chi connectivity index (χ3n) is 4.32. The Hall–Kier alpha value is -1.84. The molecular weight excluding hydrogens is 264 g/mol. The molecule has 1 aliphatic rings. The summed E-state index contributed by atoms with van der Waals surface area (Å²) in [5.41, 5.74) is 2.15. The number of Topliss-reactive ketones (excluding diaryl/α,β-unsaturated/α-hetero) is 1. The zero-order valence-corrected chi connectivity index (χ0v) is 12.8. The minimum atomic E-state index is 0.0319. The molecule has 2 aromatic heterocycles. The van der Waals surface area contributed by atoms with Gasteiger partial charge < -0.3 is 4.74 Å². The SMILES string of the molecule is CC(=O)c1c(C)nc2c(OCC3CCCCC3)cccn12. The number of rotatable bonds is 4. The Labute approximate surface area is 125 Å². The molecular formula is C17H22N2O2. The standard InChI is InChI=1S/C17H22N2O2/c1-12-16(13(2)20)19-10-6-9-15(17(19)18-12)21-11-14-7-4-3-5-8-14/h6,9-10,14H,3-5,7-8,11H2,1-2H3. The molecule has 112 valence electrons. The van der Waals surface area contributed by atoms with Gasteiger partial charge in [-0.15, -0.1) is 0 Å². The highest BCUT2D eigenvalue weighted by atomic mass is 16.5. The smallest absolute Gasteiger partial charge is 0.180 e. The van der Waals surface area contributed by atoms with E-state index in [0.717, 1.165) is 23.7 Å². The molecule has 0 aliphatic heterocycles. The first-order valence-electron chi connectivity index (χ1n) is 7.78. The fourth-order valence-electron chi connectivity index (χ4n) is 3.25. The number of fused-ring (bicyclic) bond motifs is 1. The van der Waals surface area contributed by atoms with Gasteiger partial charge in [-0.1, -0.05) is 19.3 Å². The number of carbonyl (C=O) groups excluding carboxylic acids is 1. The van der Waals surface area contributed by atoms with Crippen LogP contribution in [0.4, 0.5) is 0 Å². The molecule has 0 saturated heterocycles. The molecule has 1 aliphatic carbocycles. The van der Waals surface area contributed by atoms with Crippen LogP contribution in [0.15, 0.2) is 18.3 Å². The Balaban J connectivity index is 1.85. The predicted octanol–water partition coefficient (Wildman–Crippen LogP) is 3.80. The molecule has 1 saturated carbocycles. The van der Waals surface area contributed by atoms with Crippen LogP contribution in [0.25, 0.3) is 5.65 Å². The van der Waals surface area contributed by atoms with Gasteiger partial charge in [-0.2, -0.15) is 0 Å². The predicted molar refractivity (Wildman–Crippen MR) is 82.0 cm³/mol. The number of hydrogen-bond donors (Lipinski definition) is 0. The maximum atomic E-state index is 11.8. The van der Waals surface area contributed by atoms with E-state index in [2.05, 4.69) is 4.98 Å². The van der Waals surface area contributed by atoms with Crippen molar-refractivity contribution in [2.24, 2.45) is 5.92 Å². The van der Waals surface area contributed by atoms with Crippen molar-refractivity contribution in [1.82, 2.24) is 9.38 Å². The minimum Gasteiger partial charge on any atom is -0.489 e. The Morgan fingerprint density at radius 2 is 2.14 bits per heavy atom. The van der Waals surface area contributed by atoms with Crippen molar-refractivity contribution in [3.63, 3.8) is 0 Å². The normalized spacial score (nSPS) is 16.3. The Morgan fingerprint density at radius 3 is 2.86 bits per heavy atom. The third kappa shape index (κ3) is 2.80. The third-order valence-corrected chi connectivity index (χ3v) is 4.32. The zero-order valence-electron chi connectivity index (χ0n) is 12.8. The van der Waals surface area contributed by atoms with E-state index >= 15 is 0 Å². The lowest BCUT2D eigenvalue weighted by atomic mass is 9.90. The molecule has 0 radical (unpaired) electrons. The maximum Gasteiger partial charge on any atom is 0.180 e. The summed E-state index contributed by atoms with van der Waals surface area (Å²) in [4.78, 5) is 16.3. The number of ether oxygens (including phenoxy) is 1. The highest BCUT2D eigenvalue weighted by Gasteiger charge is 2.18. The number of aromatic nitrogens is 2. The molecule has 0 atom stereocenters. The molecule has 0 unspecified atom stereocenters. The van der Waals surface area contributed by atoms with Crippen molar-refractivity contribution in [2.75, 3.05) is 6.61 Å². The lowest BCUT2D eigenvalue weighted by molar-refractivity contribution is 0.101. The number of pyridine rings is 1. The summed E-state index contributed by atoms with van der Waals surface area (Å²) < 4.78 is 7.85. The van der Waals surface area contributed by atoms with Crippen LogP contribution in [0.2, 0.25) is 0 Å². The van der Waals surface area contributed by atoms with Crippen molar-refractivity contribution in [3.8, 4) is 5.75 Å². The summed E-state index contributed by atoms with van der Waals surface area (Å²) in [5.74, 6) is 1.46. The van der Waals surface area contributed by atoms with Crippen molar-refractivity contribution in [1.29, 1.82) is 0 Å². The van der Waals surface area contributed by atoms with Gasteiger partial charge in [0.1, 0.15) is 5.69 Å². The summed E-state index contributed by atoms with van der Waals surface area (Å²) in [5, 5.41) is 0. The van der Waals surface area contributed by atoms with E-state index in [9.17, 15) is 4.79 Å². The van der Waals surface area contributed by atoms with Gasteiger partial charge in [0.2, 0.25) is 0 Å². The summed E-state index contributed by atoms with van der Waals surface area (Å²) >= 11 is 0. The highest BCUT2D eigenvalue weighted by Crippen LogP contribution is 2.27. The second kappa shape index (κ2) is 5.88. The minimum absolute atomic E-state index is 0.0319. The largest absolute Gasteiger partial charge is 0.489 e. The average molecular weight is 286 g/mol. The molecule has 3 rings (SSSR count). The van der Waals surface area contributed by atoms with E-state index in [1.54, 1.807) is 6.92 Å². The average Bonchev–Trinajstić information content (AvgIpc) is 2.82. The lowest BCUT2D eigenvalue weighted by Crippen LogP contribution is -2.15. The summed E-state index contributed by atoms with van der Waals surface area (Å²) in [6.07, 6.45) is 8.38. The quantitative estimate of drug-likeness (QED) is 0.803. The van der Waals surface area contributed by atoms with Crippen LogP contribution in [-0.4, -0.2) is 21.8 Å².